The van der Waals surface area contributed by atoms with E-state index in [9.17, 15) is 13.2 Å². The number of ether oxygens (including phenoxy) is 2. The van der Waals surface area contributed by atoms with Gasteiger partial charge < -0.3 is 15.2 Å². The van der Waals surface area contributed by atoms with E-state index in [2.05, 4.69) is 4.74 Å². The van der Waals surface area contributed by atoms with Crippen LogP contribution in [0.25, 0.3) is 0 Å². The van der Waals surface area contributed by atoms with Crippen LogP contribution >= 0.6 is 0 Å². The van der Waals surface area contributed by atoms with Gasteiger partial charge in [0.25, 0.3) is 0 Å². The molecular weight excluding hydrogens is 259 g/mol. The Bertz CT molecular complexity index is 442. The summed E-state index contributed by atoms with van der Waals surface area (Å²) in [6, 6.07) is 5.26. The van der Waals surface area contributed by atoms with E-state index in [1.807, 2.05) is 6.92 Å². The number of nitrogens with two attached hydrogens (primary N) is 1. The van der Waals surface area contributed by atoms with Gasteiger partial charge in [0.2, 0.25) is 0 Å². The number of rotatable bonds is 3. The summed E-state index contributed by atoms with van der Waals surface area (Å²) in [4.78, 5) is 0. The Hall–Kier alpha value is -1.27. The van der Waals surface area contributed by atoms with Gasteiger partial charge in [-0.05, 0) is 37.5 Å². The minimum Gasteiger partial charge on any atom is -0.406 e. The standard InChI is InChI=1S/C13H16F3NO2/c1-12(6-3-7-18-12)11(17)9-4-2-5-10(8-9)19-13(14,15)16/h2,4-5,8,11H,3,6-7,17H2,1H3. The SMILES string of the molecule is CC1(C(N)c2cccc(OC(F)(F)F)c2)CCCO1. The largest absolute Gasteiger partial charge is 0.573 e. The smallest absolute Gasteiger partial charge is 0.406 e. The van der Waals surface area contributed by atoms with Crippen LogP contribution in [0.3, 0.4) is 0 Å². The van der Waals surface area contributed by atoms with Crippen LogP contribution in [0, 0.1) is 0 Å². The molecule has 3 nitrogen and oxygen atoms in total. The summed E-state index contributed by atoms with van der Waals surface area (Å²) in [6.07, 6.45) is -3.00. The molecule has 0 saturated carbocycles. The molecule has 1 aliphatic heterocycles. The van der Waals surface area contributed by atoms with Gasteiger partial charge in [0.1, 0.15) is 5.75 Å². The first kappa shape index (κ1) is 14.1. The zero-order valence-electron chi connectivity index (χ0n) is 10.5. The molecule has 0 radical (unpaired) electrons. The van der Waals surface area contributed by atoms with Gasteiger partial charge >= 0.3 is 6.36 Å². The number of hydrogen-bond donors (Lipinski definition) is 1. The topological polar surface area (TPSA) is 44.5 Å². The highest BCUT2D eigenvalue weighted by Crippen LogP contribution is 2.37. The summed E-state index contributed by atoms with van der Waals surface area (Å²) in [5, 5.41) is 0. The second kappa shape index (κ2) is 5.02. The Kier molecular flexibility index (Phi) is 3.73. The second-order valence-electron chi connectivity index (χ2n) is 4.86. The van der Waals surface area contributed by atoms with Crippen LogP contribution in [0.4, 0.5) is 13.2 Å². The molecule has 2 N–H and O–H groups in total. The summed E-state index contributed by atoms with van der Waals surface area (Å²) in [7, 11) is 0. The average Bonchev–Trinajstić information content (AvgIpc) is 2.74. The highest BCUT2D eigenvalue weighted by molar-refractivity contribution is 5.32. The highest BCUT2D eigenvalue weighted by atomic mass is 19.4. The van der Waals surface area contributed by atoms with Gasteiger partial charge in [0.15, 0.2) is 0 Å². The Morgan fingerprint density at radius 2 is 2.16 bits per heavy atom. The monoisotopic (exact) mass is 275 g/mol. The Morgan fingerprint density at radius 1 is 1.42 bits per heavy atom. The van der Waals surface area contributed by atoms with E-state index < -0.39 is 18.0 Å². The minimum atomic E-state index is -4.70. The molecule has 0 amide bonds. The van der Waals surface area contributed by atoms with E-state index in [0.29, 0.717) is 12.2 Å². The fourth-order valence-electron chi connectivity index (χ4n) is 2.30. The zero-order chi connectivity index (χ0) is 14.1. The quantitative estimate of drug-likeness (QED) is 0.921. The van der Waals surface area contributed by atoms with Crippen molar-refractivity contribution in [1.82, 2.24) is 0 Å². The van der Waals surface area contributed by atoms with E-state index in [-0.39, 0.29) is 5.75 Å². The van der Waals surface area contributed by atoms with Gasteiger partial charge in [-0.25, -0.2) is 0 Å². The van der Waals surface area contributed by atoms with Crippen LogP contribution in [0.2, 0.25) is 0 Å². The average molecular weight is 275 g/mol. The second-order valence-corrected chi connectivity index (χ2v) is 4.86. The van der Waals surface area contributed by atoms with Crippen molar-refractivity contribution in [1.29, 1.82) is 0 Å². The third-order valence-corrected chi connectivity index (χ3v) is 3.36. The highest BCUT2D eigenvalue weighted by Gasteiger charge is 2.37. The first-order valence-electron chi connectivity index (χ1n) is 6.05. The maximum Gasteiger partial charge on any atom is 0.573 e. The summed E-state index contributed by atoms with van der Waals surface area (Å²) >= 11 is 0. The van der Waals surface area contributed by atoms with Gasteiger partial charge in [-0.15, -0.1) is 13.2 Å². The Morgan fingerprint density at radius 3 is 2.74 bits per heavy atom. The van der Waals surface area contributed by atoms with E-state index in [4.69, 9.17) is 10.5 Å². The van der Waals surface area contributed by atoms with Crippen LogP contribution in [0.15, 0.2) is 24.3 Å². The molecule has 0 aliphatic carbocycles. The third-order valence-electron chi connectivity index (χ3n) is 3.36. The third kappa shape index (κ3) is 3.39. The van der Waals surface area contributed by atoms with Crippen LogP contribution in [0.1, 0.15) is 31.4 Å². The number of hydrogen-bond acceptors (Lipinski definition) is 3. The lowest BCUT2D eigenvalue weighted by Crippen LogP contribution is -2.37. The zero-order valence-corrected chi connectivity index (χ0v) is 10.5. The predicted octanol–water partition coefficient (Wildman–Crippen LogP) is 3.15. The maximum atomic E-state index is 12.2. The molecule has 1 aromatic rings. The molecule has 2 rings (SSSR count). The molecule has 1 aliphatic rings. The first-order valence-corrected chi connectivity index (χ1v) is 6.05. The number of benzene rings is 1. The fourth-order valence-corrected chi connectivity index (χ4v) is 2.30. The first-order chi connectivity index (χ1) is 8.80. The molecule has 19 heavy (non-hydrogen) atoms. The minimum absolute atomic E-state index is 0.262. The van der Waals surface area contributed by atoms with Gasteiger partial charge in [-0.3, -0.25) is 0 Å². The maximum absolute atomic E-state index is 12.2. The van der Waals surface area contributed by atoms with Crippen molar-refractivity contribution < 1.29 is 22.6 Å². The van der Waals surface area contributed by atoms with Crippen molar-refractivity contribution >= 4 is 0 Å². The molecule has 1 saturated heterocycles. The lowest BCUT2D eigenvalue weighted by Gasteiger charge is -2.30. The molecule has 0 bridgehead atoms. The van der Waals surface area contributed by atoms with Crippen molar-refractivity contribution in [2.24, 2.45) is 5.73 Å². The molecule has 1 aromatic carbocycles. The van der Waals surface area contributed by atoms with Crippen LogP contribution < -0.4 is 10.5 Å². The van der Waals surface area contributed by atoms with Gasteiger partial charge in [0, 0.05) is 6.61 Å². The lowest BCUT2D eigenvalue weighted by molar-refractivity contribution is -0.274. The van der Waals surface area contributed by atoms with Crippen LogP contribution in [0.5, 0.6) is 5.75 Å². The van der Waals surface area contributed by atoms with E-state index in [1.54, 1.807) is 6.07 Å². The van der Waals surface area contributed by atoms with Crippen molar-refractivity contribution in [3.63, 3.8) is 0 Å². The molecule has 0 aromatic heterocycles. The molecule has 2 atom stereocenters. The normalized spacial score (nSPS) is 25.3. The van der Waals surface area contributed by atoms with E-state index >= 15 is 0 Å². The van der Waals surface area contributed by atoms with E-state index in [1.165, 1.54) is 18.2 Å². The van der Waals surface area contributed by atoms with Crippen molar-refractivity contribution in [3.05, 3.63) is 29.8 Å². The number of halogens is 3. The predicted molar refractivity (Wildman–Crippen MR) is 63.6 cm³/mol. The van der Waals surface area contributed by atoms with Gasteiger partial charge in [0.05, 0.1) is 11.6 Å². The number of alkyl halides is 3. The van der Waals surface area contributed by atoms with Crippen molar-refractivity contribution in [2.75, 3.05) is 6.61 Å². The Balaban J connectivity index is 2.18. The van der Waals surface area contributed by atoms with Crippen LogP contribution in [-0.2, 0) is 4.74 Å². The molecule has 0 spiro atoms. The summed E-state index contributed by atoms with van der Waals surface area (Å²) in [5.41, 5.74) is 6.15. The van der Waals surface area contributed by atoms with Crippen molar-refractivity contribution in [3.8, 4) is 5.75 Å². The Labute approximate surface area is 109 Å². The fraction of sp³-hybridized carbons (Fsp3) is 0.538. The molecule has 2 unspecified atom stereocenters. The van der Waals surface area contributed by atoms with E-state index in [0.717, 1.165) is 12.8 Å². The van der Waals surface area contributed by atoms with Crippen LogP contribution in [-0.4, -0.2) is 18.6 Å². The summed E-state index contributed by atoms with van der Waals surface area (Å²) < 4.78 is 46.0. The summed E-state index contributed by atoms with van der Waals surface area (Å²) in [6.45, 7) is 2.50. The van der Waals surface area contributed by atoms with Crippen molar-refractivity contribution in [2.45, 2.75) is 37.8 Å². The van der Waals surface area contributed by atoms with Gasteiger partial charge in [-0.2, -0.15) is 0 Å². The van der Waals surface area contributed by atoms with Gasteiger partial charge in [-0.1, -0.05) is 12.1 Å². The molecule has 106 valence electrons. The molecular formula is C13H16F3NO2. The summed E-state index contributed by atoms with van der Waals surface area (Å²) in [5.74, 6) is -0.262. The molecule has 1 fully saturated rings. The molecule has 6 heteroatoms. The lowest BCUT2D eigenvalue weighted by atomic mass is 9.88. The molecule has 1 heterocycles.